The molecule has 0 unspecified atom stereocenters. The maximum Gasteiger partial charge on any atom is 0.237 e. The maximum absolute atomic E-state index is 5.95. The van der Waals surface area contributed by atoms with Gasteiger partial charge in [0.05, 0.1) is 18.2 Å². The zero-order chi connectivity index (χ0) is 17.2. The van der Waals surface area contributed by atoms with Crippen molar-refractivity contribution in [1.82, 2.24) is 20.1 Å². The lowest BCUT2D eigenvalue weighted by atomic mass is 10.2. The first-order valence-corrected chi connectivity index (χ1v) is 9.20. The lowest BCUT2D eigenvalue weighted by Crippen LogP contribution is -1.95. The van der Waals surface area contributed by atoms with Gasteiger partial charge in [0.25, 0.3) is 0 Å². The second-order valence-electron chi connectivity index (χ2n) is 5.06. The Kier molecular flexibility index (Phi) is 4.24. The average Bonchev–Trinajstić information content (AvgIpc) is 3.29. The number of rotatable bonds is 5. The summed E-state index contributed by atoms with van der Waals surface area (Å²) in [7, 11) is 1.63. The van der Waals surface area contributed by atoms with Crippen molar-refractivity contribution in [3.8, 4) is 17.1 Å². The molecule has 4 rings (SSSR count). The average molecular weight is 371 g/mol. The van der Waals surface area contributed by atoms with E-state index in [1.165, 1.54) is 23.1 Å². The molecule has 0 aliphatic carbocycles. The Morgan fingerprint density at radius 1 is 1.16 bits per heavy atom. The molecule has 2 N–H and O–H groups in total. The van der Waals surface area contributed by atoms with Crippen LogP contribution in [0.5, 0.6) is 5.75 Å². The monoisotopic (exact) mass is 371 g/mol. The molecule has 4 aromatic rings. The second kappa shape index (κ2) is 6.69. The van der Waals surface area contributed by atoms with E-state index in [0.717, 1.165) is 21.5 Å². The van der Waals surface area contributed by atoms with Crippen molar-refractivity contribution >= 4 is 39.1 Å². The van der Waals surface area contributed by atoms with Gasteiger partial charge in [0.2, 0.25) is 11.7 Å². The number of nitrogens with two attached hydrogens (primary N) is 1. The van der Waals surface area contributed by atoms with Crippen LogP contribution < -0.4 is 10.5 Å². The largest absolute Gasteiger partial charge is 0.497 e. The Labute approximate surface area is 151 Å². The lowest BCUT2D eigenvalue weighted by Gasteiger charge is -2.00. The number of anilines is 1. The molecule has 0 radical (unpaired) electrons. The lowest BCUT2D eigenvalue weighted by molar-refractivity contribution is 0.391. The van der Waals surface area contributed by atoms with Gasteiger partial charge < -0.3 is 15.0 Å². The number of nitrogen functional groups attached to an aromatic ring is 1. The van der Waals surface area contributed by atoms with Gasteiger partial charge >= 0.3 is 0 Å². The Bertz CT molecular complexity index is 1010. The van der Waals surface area contributed by atoms with Crippen LogP contribution in [-0.4, -0.2) is 27.2 Å². The first-order valence-electron chi connectivity index (χ1n) is 7.33. The fraction of sp³-hybridized carbons (Fsp3) is 0.125. The van der Waals surface area contributed by atoms with Gasteiger partial charge in [-0.3, -0.25) is 0 Å². The fourth-order valence-corrected chi connectivity index (χ4v) is 3.74. The highest BCUT2D eigenvalue weighted by atomic mass is 32.2. The highest BCUT2D eigenvalue weighted by Gasteiger charge is 2.12. The predicted octanol–water partition coefficient (Wildman–Crippen LogP) is 3.62. The number of hydrogen-bond donors (Lipinski definition) is 1. The quantitative estimate of drug-likeness (QED) is 0.419. The van der Waals surface area contributed by atoms with E-state index in [1.54, 1.807) is 7.11 Å². The van der Waals surface area contributed by atoms with Gasteiger partial charge in [-0.2, -0.15) is 4.98 Å². The molecule has 0 aliphatic heterocycles. The molecule has 0 aliphatic rings. The van der Waals surface area contributed by atoms with Gasteiger partial charge in [0, 0.05) is 5.56 Å². The summed E-state index contributed by atoms with van der Waals surface area (Å²) in [5, 5.41) is 7.43. The van der Waals surface area contributed by atoms with E-state index in [1.807, 2.05) is 35.7 Å². The summed E-state index contributed by atoms with van der Waals surface area (Å²) in [4.78, 5) is 14.1. The predicted molar refractivity (Wildman–Crippen MR) is 97.7 cm³/mol. The Balaban J connectivity index is 1.48. The zero-order valence-corrected chi connectivity index (χ0v) is 14.8. The van der Waals surface area contributed by atoms with Crippen molar-refractivity contribution in [2.75, 3.05) is 12.8 Å². The van der Waals surface area contributed by atoms with Crippen LogP contribution in [-0.2, 0) is 5.75 Å². The van der Waals surface area contributed by atoms with Gasteiger partial charge in [-0.1, -0.05) is 16.9 Å². The van der Waals surface area contributed by atoms with Crippen molar-refractivity contribution in [3.63, 3.8) is 0 Å². The Morgan fingerprint density at radius 3 is 2.80 bits per heavy atom. The van der Waals surface area contributed by atoms with E-state index in [2.05, 4.69) is 20.1 Å². The van der Waals surface area contributed by atoms with E-state index >= 15 is 0 Å². The minimum absolute atomic E-state index is 0.472. The summed E-state index contributed by atoms with van der Waals surface area (Å²) in [6.07, 6.45) is 0. The van der Waals surface area contributed by atoms with Gasteiger partial charge in [0.15, 0.2) is 5.16 Å². The summed E-state index contributed by atoms with van der Waals surface area (Å²) in [6.45, 7) is 0. The molecule has 0 saturated carbocycles. The summed E-state index contributed by atoms with van der Waals surface area (Å²) in [5.41, 5.74) is 6.82. The van der Waals surface area contributed by atoms with Crippen molar-refractivity contribution in [2.45, 2.75) is 10.9 Å². The van der Waals surface area contributed by atoms with Gasteiger partial charge in [-0.15, -0.1) is 11.3 Å². The number of aromatic nitrogens is 4. The van der Waals surface area contributed by atoms with Gasteiger partial charge in [-0.05, 0) is 35.7 Å². The van der Waals surface area contributed by atoms with Crippen LogP contribution in [0.15, 0.2) is 45.4 Å². The molecule has 7 nitrogen and oxygen atoms in total. The van der Waals surface area contributed by atoms with Crippen molar-refractivity contribution in [3.05, 3.63) is 41.6 Å². The van der Waals surface area contributed by atoms with Crippen LogP contribution >= 0.6 is 23.1 Å². The summed E-state index contributed by atoms with van der Waals surface area (Å²) >= 11 is 2.94. The van der Waals surface area contributed by atoms with Crippen LogP contribution in [0.4, 0.5) is 5.82 Å². The molecule has 0 bridgehead atoms. The molecule has 3 heterocycles. The van der Waals surface area contributed by atoms with E-state index in [4.69, 9.17) is 15.0 Å². The molecule has 1 aromatic carbocycles. The number of thiophene rings is 1. The molecule has 126 valence electrons. The number of ether oxygens (including phenoxy) is 1. The second-order valence-corrected chi connectivity index (χ2v) is 6.90. The Hall–Kier alpha value is -2.65. The smallest absolute Gasteiger partial charge is 0.237 e. The normalized spacial score (nSPS) is 11.1. The first-order chi connectivity index (χ1) is 12.2. The van der Waals surface area contributed by atoms with E-state index in [9.17, 15) is 0 Å². The van der Waals surface area contributed by atoms with E-state index in [0.29, 0.717) is 28.4 Å². The number of methoxy groups -OCH3 is 1. The van der Waals surface area contributed by atoms with Crippen LogP contribution in [0.3, 0.4) is 0 Å². The summed E-state index contributed by atoms with van der Waals surface area (Å²) in [6, 6.07) is 9.40. The van der Waals surface area contributed by atoms with Crippen molar-refractivity contribution in [2.24, 2.45) is 0 Å². The van der Waals surface area contributed by atoms with E-state index < -0.39 is 0 Å². The third kappa shape index (κ3) is 3.28. The highest BCUT2D eigenvalue weighted by Crippen LogP contribution is 2.28. The first kappa shape index (κ1) is 15.9. The minimum Gasteiger partial charge on any atom is -0.497 e. The molecule has 0 saturated heterocycles. The van der Waals surface area contributed by atoms with Gasteiger partial charge in [-0.25, -0.2) is 9.97 Å². The van der Waals surface area contributed by atoms with E-state index in [-0.39, 0.29) is 0 Å². The number of nitrogens with zero attached hydrogens (tertiary/aromatic N) is 4. The molecule has 0 atom stereocenters. The molecule has 0 spiro atoms. The third-order valence-electron chi connectivity index (χ3n) is 3.48. The standard InChI is InChI=1S/C16H13N5O2S2/c1-22-10-4-2-9(3-5-10)14-18-12(23-21-14)8-25-16-19-13(17)11-6-7-24-15(11)20-16/h2-7H,8H2,1H3,(H2,17,19,20). The molecule has 0 fully saturated rings. The zero-order valence-electron chi connectivity index (χ0n) is 13.2. The molecular weight excluding hydrogens is 358 g/mol. The molecule has 0 amide bonds. The Morgan fingerprint density at radius 2 is 2.00 bits per heavy atom. The van der Waals surface area contributed by atoms with Crippen molar-refractivity contribution < 1.29 is 9.26 Å². The third-order valence-corrected chi connectivity index (χ3v) is 5.11. The number of thioether (sulfide) groups is 1. The minimum atomic E-state index is 0.472. The summed E-state index contributed by atoms with van der Waals surface area (Å²) < 4.78 is 10.4. The highest BCUT2D eigenvalue weighted by molar-refractivity contribution is 7.98. The fourth-order valence-electron chi connectivity index (χ4n) is 2.22. The molecule has 9 heteroatoms. The molecule has 25 heavy (non-hydrogen) atoms. The van der Waals surface area contributed by atoms with Gasteiger partial charge in [0.1, 0.15) is 16.4 Å². The summed E-state index contributed by atoms with van der Waals surface area (Å²) in [5.74, 6) is 2.77. The number of fused-ring (bicyclic) bond motifs is 1. The number of benzene rings is 1. The topological polar surface area (TPSA) is 100.0 Å². The number of hydrogen-bond acceptors (Lipinski definition) is 9. The van der Waals surface area contributed by atoms with Crippen LogP contribution in [0.2, 0.25) is 0 Å². The van der Waals surface area contributed by atoms with Crippen LogP contribution in [0.25, 0.3) is 21.6 Å². The van der Waals surface area contributed by atoms with Crippen molar-refractivity contribution in [1.29, 1.82) is 0 Å². The molecular formula is C16H13N5O2S2. The van der Waals surface area contributed by atoms with Crippen LogP contribution in [0, 0.1) is 0 Å². The molecule has 3 aromatic heterocycles. The SMILES string of the molecule is COc1ccc(-c2noc(CSc3nc(N)c4ccsc4n3)n2)cc1. The maximum atomic E-state index is 5.95. The van der Waals surface area contributed by atoms with Crippen LogP contribution in [0.1, 0.15) is 5.89 Å².